The number of halogens is 2. The normalized spacial score (nSPS) is 16.6. The van der Waals surface area contributed by atoms with Gasteiger partial charge in [-0.2, -0.15) is 0 Å². The van der Waals surface area contributed by atoms with E-state index in [4.69, 9.17) is 23.2 Å². The predicted octanol–water partition coefficient (Wildman–Crippen LogP) is 4.72. The average molecular weight is 320 g/mol. The Morgan fingerprint density at radius 3 is 2.63 bits per heavy atom. The Morgan fingerprint density at radius 1 is 1.42 bits per heavy atom. The predicted molar refractivity (Wildman–Crippen MR) is 82.7 cm³/mol. The number of amides is 1. The molecule has 1 heterocycles. The average Bonchev–Trinajstić information content (AvgIpc) is 2.77. The second-order valence-corrected chi connectivity index (χ2v) is 6.68. The molecule has 0 atom stereocenters. The Labute approximate surface area is 128 Å². The monoisotopic (exact) mass is 319 g/mol. The van der Waals surface area contributed by atoms with Crippen LogP contribution >= 0.6 is 34.5 Å². The van der Waals surface area contributed by atoms with Crippen LogP contribution in [0.15, 0.2) is 5.38 Å². The van der Waals surface area contributed by atoms with Crippen molar-refractivity contribution in [2.24, 2.45) is 0 Å². The molecule has 2 nitrogen and oxygen atoms in total. The van der Waals surface area contributed by atoms with Crippen molar-refractivity contribution in [1.29, 1.82) is 0 Å². The molecule has 1 saturated carbocycles. The molecule has 5 heteroatoms. The Hall–Kier alpha value is -0.250. The molecule has 0 N–H and O–H groups in total. The fourth-order valence-corrected chi connectivity index (χ4v) is 4.05. The van der Waals surface area contributed by atoms with Crippen LogP contribution in [0.2, 0.25) is 5.02 Å². The Bertz CT molecular complexity index is 441. The quantitative estimate of drug-likeness (QED) is 0.735. The van der Waals surface area contributed by atoms with Crippen LogP contribution in [0.25, 0.3) is 0 Å². The van der Waals surface area contributed by atoms with E-state index in [1.54, 1.807) is 0 Å². The van der Waals surface area contributed by atoms with E-state index in [0.717, 1.165) is 18.4 Å². The van der Waals surface area contributed by atoms with Gasteiger partial charge in [-0.25, -0.2) is 0 Å². The number of alkyl halides is 1. The summed E-state index contributed by atoms with van der Waals surface area (Å²) in [5.41, 5.74) is 0.976. The number of hydrogen-bond donors (Lipinski definition) is 0. The van der Waals surface area contributed by atoms with E-state index in [9.17, 15) is 4.79 Å². The van der Waals surface area contributed by atoms with Gasteiger partial charge in [0, 0.05) is 18.5 Å². The van der Waals surface area contributed by atoms with Gasteiger partial charge in [0.05, 0.1) is 5.02 Å². The summed E-state index contributed by atoms with van der Waals surface area (Å²) >= 11 is 13.5. The molecule has 0 radical (unpaired) electrons. The first-order valence-corrected chi connectivity index (χ1v) is 8.55. The van der Waals surface area contributed by atoms with Crippen LogP contribution in [0.5, 0.6) is 0 Å². The van der Waals surface area contributed by atoms with E-state index in [1.807, 2.05) is 17.2 Å². The maximum absolute atomic E-state index is 12.7. The molecule has 0 aliphatic heterocycles. The third-order valence-electron chi connectivity index (χ3n) is 3.70. The molecule has 0 aromatic carbocycles. The SMILES string of the molecule is Cc1csc(C(=O)N(CCCl)C2CCCCC2)c1Cl. The summed E-state index contributed by atoms with van der Waals surface area (Å²) in [7, 11) is 0. The maximum atomic E-state index is 12.7. The van der Waals surface area contributed by atoms with Crippen LogP contribution in [0, 0.1) is 6.92 Å². The molecule has 0 bridgehead atoms. The van der Waals surface area contributed by atoms with Gasteiger partial charge in [0.15, 0.2) is 0 Å². The van der Waals surface area contributed by atoms with Crippen molar-refractivity contribution in [1.82, 2.24) is 4.90 Å². The van der Waals surface area contributed by atoms with E-state index >= 15 is 0 Å². The van der Waals surface area contributed by atoms with Gasteiger partial charge in [-0.3, -0.25) is 4.79 Å². The minimum Gasteiger partial charge on any atom is -0.334 e. The minimum absolute atomic E-state index is 0.0515. The number of carbonyl (C=O) groups is 1. The molecule has 1 aromatic heterocycles. The zero-order valence-corrected chi connectivity index (χ0v) is 13.5. The molecule has 106 valence electrons. The van der Waals surface area contributed by atoms with Crippen molar-refractivity contribution >= 4 is 40.4 Å². The van der Waals surface area contributed by atoms with E-state index in [1.165, 1.54) is 30.6 Å². The molecule has 1 amide bonds. The fourth-order valence-electron chi connectivity index (χ4n) is 2.64. The highest BCUT2D eigenvalue weighted by Crippen LogP contribution is 2.31. The van der Waals surface area contributed by atoms with Crippen molar-refractivity contribution in [3.05, 3.63) is 20.8 Å². The molecule has 0 spiro atoms. The summed E-state index contributed by atoms with van der Waals surface area (Å²) in [6.45, 7) is 2.54. The number of thiophene rings is 1. The first-order chi connectivity index (χ1) is 9.15. The van der Waals surface area contributed by atoms with Gasteiger partial charge < -0.3 is 4.90 Å². The lowest BCUT2D eigenvalue weighted by atomic mass is 9.94. The van der Waals surface area contributed by atoms with Gasteiger partial charge in [-0.15, -0.1) is 22.9 Å². The van der Waals surface area contributed by atoms with Crippen molar-refractivity contribution in [2.45, 2.75) is 45.1 Å². The number of aryl methyl sites for hydroxylation is 1. The number of rotatable bonds is 4. The van der Waals surface area contributed by atoms with Crippen molar-refractivity contribution < 1.29 is 4.79 Å². The smallest absolute Gasteiger partial charge is 0.265 e. The Morgan fingerprint density at radius 2 is 2.11 bits per heavy atom. The van der Waals surface area contributed by atoms with E-state index in [0.29, 0.717) is 28.4 Å². The van der Waals surface area contributed by atoms with Crippen molar-refractivity contribution in [3.8, 4) is 0 Å². The van der Waals surface area contributed by atoms with Crippen LogP contribution in [-0.4, -0.2) is 29.3 Å². The van der Waals surface area contributed by atoms with E-state index in [-0.39, 0.29) is 5.91 Å². The van der Waals surface area contributed by atoms with Crippen molar-refractivity contribution in [3.63, 3.8) is 0 Å². The summed E-state index contributed by atoms with van der Waals surface area (Å²) in [6, 6.07) is 0.332. The molecule has 0 saturated heterocycles. The lowest BCUT2D eigenvalue weighted by Gasteiger charge is -2.33. The van der Waals surface area contributed by atoms with Gasteiger partial charge >= 0.3 is 0 Å². The first-order valence-electron chi connectivity index (χ1n) is 6.75. The molecule has 1 aliphatic rings. The lowest BCUT2D eigenvalue weighted by molar-refractivity contribution is 0.0655. The van der Waals surface area contributed by atoms with Crippen LogP contribution < -0.4 is 0 Å². The van der Waals surface area contributed by atoms with E-state index in [2.05, 4.69) is 0 Å². The second-order valence-electron chi connectivity index (χ2n) is 5.04. The summed E-state index contributed by atoms with van der Waals surface area (Å²) in [6.07, 6.45) is 5.86. The van der Waals surface area contributed by atoms with Crippen LogP contribution in [0.3, 0.4) is 0 Å². The number of hydrogen-bond acceptors (Lipinski definition) is 2. The molecule has 1 aromatic rings. The highest BCUT2D eigenvalue weighted by atomic mass is 35.5. The molecule has 1 fully saturated rings. The van der Waals surface area contributed by atoms with Gasteiger partial charge in [-0.1, -0.05) is 30.9 Å². The van der Waals surface area contributed by atoms with Gasteiger partial charge in [0.2, 0.25) is 0 Å². The molecular formula is C14H19Cl2NOS. The van der Waals surface area contributed by atoms with Crippen LogP contribution in [0.1, 0.15) is 47.3 Å². The maximum Gasteiger partial charge on any atom is 0.265 e. The van der Waals surface area contributed by atoms with Crippen LogP contribution in [-0.2, 0) is 0 Å². The summed E-state index contributed by atoms with van der Waals surface area (Å²) in [5, 5.41) is 2.54. The van der Waals surface area contributed by atoms with Crippen LogP contribution in [0.4, 0.5) is 0 Å². The fraction of sp³-hybridized carbons (Fsp3) is 0.643. The van der Waals surface area contributed by atoms with Gasteiger partial charge in [0.1, 0.15) is 4.88 Å². The summed E-state index contributed by atoms with van der Waals surface area (Å²) in [5.74, 6) is 0.528. The van der Waals surface area contributed by atoms with Crippen molar-refractivity contribution in [2.75, 3.05) is 12.4 Å². The number of carbonyl (C=O) groups excluding carboxylic acids is 1. The third kappa shape index (κ3) is 3.45. The topological polar surface area (TPSA) is 20.3 Å². The molecule has 19 heavy (non-hydrogen) atoms. The number of nitrogens with zero attached hydrogens (tertiary/aromatic N) is 1. The molecule has 0 unspecified atom stereocenters. The standard InChI is InChI=1S/C14H19Cl2NOS/c1-10-9-19-13(12(10)16)14(18)17(8-7-15)11-5-3-2-4-6-11/h9,11H,2-8H2,1H3. The van der Waals surface area contributed by atoms with E-state index < -0.39 is 0 Å². The lowest BCUT2D eigenvalue weighted by Crippen LogP contribution is -2.42. The molecule has 2 rings (SSSR count). The summed E-state index contributed by atoms with van der Waals surface area (Å²) < 4.78 is 0. The zero-order valence-electron chi connectivity index (χ0n) is 11.1. The zero-order chi connectivity index (χ0) is 13.8. The van der Waals surface area contributed by atoms with Gasteiger partial charge in [-0.05, 0) is 30.7 Å². The largest absolute Gasteiger partial charge is 0.334 e. The molecule has 1 aliphatic carbocycles. The summed E-state index contributed by atoms with van der Waals surface area (Å²) in [4.78, 5) is 15.3. The highest BCUT2D eigenvalue weighted by molar-refractivity contribution is 7.13. The van der Waals surface area contributed by atoms with Gasteiger partial charge in [0.25, 0.3) is 5.91 Å². The first kappa shape index (κ1) is 15.1. The Balaban J connectivity index is 2.18. The second kappa shape index (κ2) is 6.96. The third-order valence-corrected chi connectivity index (χ3v) is 5.55. The highest BCUT2D eigenvalue weighted by Gasteiger charge is 2.28. The molecular weight excluding hydrogens is 301 g/mol. The minimum atomic E-state index is 0.0515. The Kier molecular flexibility index (Phi) is 5.55.